The van der Waals surface area contributed by atoms with Crippen LogP contribution in [0.2, 0.25) is 0 Å². The third-order valence-electron chi connectivity index (χ3n) is 3.63. The van der Waals surface area contributed by atoms with Gasteiger partial charge in [0.25, 0.3) is 5.91 Å². The molecule has 0 aliphatic carbocycles. The minimum atomic E-state index is -0.565. The Labute approximate surface area is 135 Å². The number of amides is 1. The molecule has 0 bridgehead atoms. The van der Waals surface area contributed by atoms with E-state index in [1.54, 1.807) is 43.3 Å². The molecule has 0 aliphatic heterocycles. The third-order valence-corrected chi connectivity index (χ3v) is 3.63. The topological polar surface area (TPSA) is 42.4 Å². The first-order chi connectivity index (χ1) is 11.0. The molecule has 1 aromatic carbocycles. The van der Waals surface area contributed by atoms with Gasteiger partial charge in [-0.2, -0.15) is 0 Å². The van der Waals surface area contributed by atoms with Crippen LogP contribution in [0.4, 0.5) is 4.39 Å². The van der Waals surface area contributed by atoms with Crippen LogP contribution in [-0.4, -0.2) is 35.5 Å². The Bertz CT molecular complexity index is 648. The van der Waals surface area contributed by atoms with Crippen LogP contribution in [-0.2, 0) is 9.53 Å². The number of hydrogen-bond acceptors (Lipinski definition) is 3. The van der Waals surface area contributed by atoms with Crippen LogP contribution >= 0.6 is 0 Å². The molecule has 0 aliphatic rings. The minimum absolute atomic E-state index is 0.174. The number of likely N-dealkylation sites (N-methyl/N-ethyl adjacent to an activating group) is 1. The van der Waals surface area contributed by atoms with Gasteiger partial charge in [0, 0.05) is 19.9 Å². The van der Waals surface area contributed by atoms with E-state index < -0.39 is 12.1 Å². The molecule has 0 unspecified atom stereocenters. The van der Waals surface area contributed by atoms with E-state index in [-0.39, 0.29) is 11.7 Å². The molecular weight excluding hydrogens is 295 g/mol. The predicted octanol–water partition coefficient (Wildman–Crippen LogP) is 3.19. The summed E-state index contributed by atoms with van der Waals surface area (Å²) in [5.41, 5.74) is 1.35. The molecule has 2 aromatic rings. The van der Waals surface area contributed by atoms with E-state index in [1.807, 2.05) is 19.1 Å². The van der Waals surface area contributed by atoms with Gasteiger partial charge in [-0.25, -0.2) is 4.39 Å². The van der Waals surface area contributed by atoms with Crippen molar-refractivity contribution in [2.45, 2.75) is 26.0 Å². The van der Waals surface area contributed by atoms with Crippen LogP contribution in [0.1, 0.15) is 31.1 Å². The first-order valence-electron chi connectivity index (χ1n) is 7.59. The fraction of sp³-hybridized carbons (Fsp3) is 0.333. The van der Waals surface area contributed by atoms with Gasteiger partial charge in [0.1, 0.15) is 11.9 Å². The second-order valence-electron chi connectivity index (χ2n) is 5.26. The maximum Gasteiger partial charge on any atom is 0.251 e. The number of pyridine rings is 1. The summed E-state index contributed by atoms with van der Waals surface area (Å²) >= 11 is 0. The maximum atomic E-state index is 13.6. The van der Waals surface area contributed by atoms with Crippen molar-refractivity contribution in [2.24, 2.45) is 0 Å². The molecule has 0 saturated carbocycles. The van der Waals surface area contributed by atoms with Gasteiger partial charge in [-0.3, -0.25) is 9.78 Å². The van der Waals surface area contributed by atoms with Crippen LogP contribution in [0.15, 0.2) is 48.7 Å². The molecule has 23 heavy (non-hydrogen) atoms. The number of rotatable bonds is 6. The van der Waals surface area contributed by atoms with E-state index in [4.69, 9.17) is 4.74 Å². The van der Waals surface area contributed by atoms with E-state index in [0.29, 0.717) is 17.9 Å². The minimum Gasteiger partial charge on any atom is -0.369 e. The van der Waals surface area contributed by atoms with Crippen molar-refractivity contribution in [2.75, 3.05) is 13.7 Å². The molecule has 1 amide bonds. The van der Waals surface area contributed by atoms with Crippen LogP contribution < -0.4 is 0 Å². The summed E-state index contributed by atoms with van der Waals surface area (Å²) in [6, 6.07) is 11.2. The number of halogens is 1. The Morgan fingerprint density at radius 1 is 1.30 bits per heavy atom. The van der Waals surface area contributed by atoms with Gasteiger partial charge in [-0.15, -0.1) is 0 Å². The fourth-order valence-corrected chi connectivity index (χ4v) is 2.54. The zero-order valence-corrected chi connectivity index (χ0v) is 13.6. The summed E-state index contributed by atoms with van der Waals surface area (Å²) in [6.07, 6.45) is 1.09. The lowest BCUT2D eigenvalue weighted by Gasteiger charge is -2.30. The van der Waals surface area contributed by atoms with Crippen LogP contribution in [0.3, 0.4) is 0 Å². The predicted molar refractivity (Wildman–Crippen MR) is 86.3 cm³/mol. The summed E-state index contributed by atoms with van der Waals surface area (Å²) < 4.78 is 19.0. The van der Waals surface area contributed by atoms with Gasteiger partial charge in [0.05, 0.1) is 11.7 Å². The van der Waals surface area contributed by atoms with Crippen LogP contribution in [0.5, 0.6) is 0 Å². The number of carbonyl (C=O) groups is 1. The summed E-state index contributed by atoms with van der Waals surface area (Å²) in [6.45, 7) is 4.00. The van der Waals surface area contributed by atoms with E-state index in [0.717, 1.165) is 0 Å². The second-order valence-corrected chi connectivity index (χ2v) is 5.26. The van der Waals surface area contributed by atoms with Gasteiger partial charge in [-0.1, -0.05) is 18.2 Å². The van der Waals surface area contributed by atoms with Crippen molar-refractivity contribution in [3.8, 4) is 0 Å². The van der Waals surface area contributed by atoms with Gasteiger partial charge >= 0.3 is 0 Å². The zero-order valence-electron chi connectivity index (χ0n) is 13.6. The third kappa shape index (κ3) is 4.13. The molecule has 0 radical (unpaired) electrons. The average Bonchev–Trinajstić information content (AvgIpc) is 2.55. The Kier molecular flexibility index (Phi) is 5.82. The molecule has 0 N–H and O–H groups in total. The van der Waals surface area contributed by atoms with Crippen molar-refractivity contribution in [3.05, 3.63) is 65.7 Å². The molecule has 2 rings (SSSR count). The largest absolute Gasteiger partial charge is 0.369 e. The lowest BCUT2D eigenvalue weighted by atomic mass is 10.0. The van der Waals surface area contributed by atoms with Gasteiger partial charge in [0.2, 0.25) is 0 Å². The molecule has 0 saturated heterocycles. The highest BCUT2D eigenvalue weighted by molar-refractivity contribution is 5.81. The summed E-state index contributed by atoms with van der Waals surface area (Å²) in [5.74, 6) is -0.520. The number of hydrogen-bond donors (Lipinski definition) is 0. The normalized spacial score (nSPS) is 13.4. The molecular formula is C18H21FN2O2. The molecule has 1 aromatic heterocycles. The number of carbonyl (C=O) groups excluding carboxylic acids is 1. The summed E-state index contributed by atoms with van der Waals surface area (Å²) in [4.78, 5) is 18.5. The van der Waals surface area contributed by atoms with Crippen molar-refractivity contribution in [3.63, 3.8) is 0 Å². The van der Waals surface area contributed by atoms with Crippen LogP contribution in [0.25, 0.3) is 0 Å². The summed E-state index contributed by atoms with van der Waals surface area (Å²) in [5, 5.41) is 0. The first-order valence-corrected chi connectivity index (χ1v) is 7.59. The van der Waals surface area contributed by atoms with Crippen LogP contribution in [0, 0.1) is 5.82 Å². The van der Waals surface area contributed by atoms with Gasteiger partial charge < -0.3 is 9.64 Å². The van der Waals surface area contributed by atoms with Crippen molar-refractivity contribution >= 4 is 5.91 Å². The smallest absolute Gasteiger partial charge is 0.251 e. The number of nitrogens with zero attached hydrogens (tertiary/aromatic N) is 2. The van der Waals surface area contributed by atoms with Crippen molar-refractivity contribution in [1.29, 1.82) is 0 Å². The maximum absolute atomic E-state index is 13.6. The SMILES string of the molecule is CCO[C@@H](C)C(=O)N(C)[C@@H](c1cccc(F)c1)c1ccccn1. The highest BCUT2D eigenvalue weighted by Gasteiger charge is 2.28. The quantitative estimate of drug-likeness (QED) is 0.822. The van der Waals surface area contributed by atoms with Gasteiger partial charge in [0.15, 0.2) is 0 Å². The Hall–Kier alpha value is -2.27. The van der Waals surface area contributed by atoms with E-state index in [1.165, 1.54) is 12.1 Å². The Balaban J connectivity index is 2.40. The van der Waals surface area contributed by atoms with E-state index in [2.05, 4.69) is 4.98 Å². The lowest BCUT2D eigenvalue weighted by molar-refractivity contribution is -0.142. The van der Waals surface area contributed by atoms with Gasteiger partial charge in [-0.05, 0) is 43.7 Å². The highest BCUT2D eigenvalue weighted by atomic mass is 19.1. The number of ether oxygens (including phenoxy) is 1. The molecule has 2 atom stereocenters. The molecule has 0 fully saturated rings. The molecule has 0 spiro atoms. The lowest BCUT2D eigenvalue weighted by Crippen LogP contribution is -2.39. The average molecular weight is 316 g/mol. The number of aromatic nitrogens is 1. The second kappa shape index (κ2) is 7.83. The van der Waals surface area contributed by atoms with E-state index >= 15 is 0 Å². The summed E-state index contributed by atoms with van der Waals surface area (Å²) in [7, 11) is 1.68. The Morgan fingerprint density at radius 3 is 2.70 bits per heavy atom. The first kappa shape index (κ1) is 17.1. The molecule has 5 heteroatoms. The standard InChI is InChI=1S/C18H21FN2O2/c1-4-23-13(2)18(22)21(3)17(16-10-5-6-11-20-16)14-8-7-9-15(19)12-14/h5-13,17H,4H2,1-3H3/t13-,17-/m0/s1. The van der Waals surface area contributed by atoms with Crippen molar-refractivity contribution in [1.82, 2.24) is 9.88 Å². The highest BCUT2D eigenvalue weighted by Crippen LogP contribution is 2.27. The Morgan fingerprint density at radius 2 is 2.09 bits per heavy atom. The molecule has 4 nitrogen and oxygen atoms in total. The van der Waals surface area contributed by atoms with E-state index in [9.17, 15) is 9.18 Å². The van der Waals surface area contributed by atoms with Crippen molar-refractivity contribution < 1.29 is 13.9 Å². The molecule has 1 heterocycles. The molecule has 122 valence electrons. The number of benzene rings is 1. The zero-order chi connectivity index (χ0) is 16.8. The monoisotopic (exact) mass is 316 g/mol. The fourth-order valence-electron chi connectivity index (χ4n) is 2.54.